The molecule has 1 fully saturated rings. The Hall–Kier alpha value is -2.30. The number of amides is 2. The molecule has 2 heterocycles. The fourth-order valence-corrected chi connectivity index (χ4v) is 2.97. The minimum atomic E-state index is -0.130. The quantitative estimate of drug-likeness (QED) is 0.937. The lowest BCUT2D eigenvalue weighted by Crippen LogP contribution is -2.32. The molecule has 0 spiro atoms. The van der Waals surface area contributed by atoms with Crippen LogP contribution in [0.15, 0.2) is 28.7 Å². The van der Waals surface area contributed by atoms with Gasteiger partial charge < -0.3 is 14.6 Å². The molecule has 1 aromatic heterocycles. The summed E-state index contributed by atoms with van der Waals surface area (Å²) in [5.41, 5.74) is 1.12. The van der Waals surface area contributed by atoms with Gasteiger partial charge in [-0.2, -0.15) is 0 Å². The molecule has 0 aliphatic carbocycles. The number of benzene rings is 1. The lowest BCUT2D eigenvalue weighted by Gasteiger charge is -2.19. The van der Waals surface area contributed by atoms with E-state index in [0.29, 0.717) is 17.7 Å². The monoisotopic (exact) mass is 314 g/mol. The number of carbonyl (C=O) groups excluding carboxylic acids is 2. The number of nitrogens with one attached hydrogen (secondary N) is 1. The van der Waals surface area contributed by atoms with Crippen LogP contribution in [0.1, 0.15) is 49.6 Å². The molecule has 1 aliphatic heterocycles. The maximum absolute atomic E-state index is 12.9. The van der Waals surface area contributed by atoms with E-state index in [1.807, 2.05) is 29.2 Å². The van der Waals surface area contributed by atoms with Crippen LogP contribution < -0.4 is 5.32 Å². The van der Waals surface area contributed by atoms with Crippen LogP contribution in [0.2, 0.25) is 0 Å². The summed E-state index contributed by atoms with van der Waals surface area (Å²) in [6.45, 7) is 3.28. The first-order chi connectivity index (χ1) is 11.2. The fourth-order valence-electron chi connectivity index (χ4n) is 2.97. The van der Waals surface area contributed by atoms with Crippen LogP contribution in [0.5, 0.6) is 0 Å². The molecule has 2 aromatic rings. The molecule has 0 unspecified atom stereocenters. The third-order valence-electron chi connectivity index (χ3n) is 4.27. The van der Waals surface area contributed by atoms with Gasteiger partial charge in [0.15, 0.2) is 0 Å². The SMILES string of the molecule is CCC(=O)Nc1c(C(=O)N2CCCCCC2)oc2ccccc12. The lowest BCUT2D eigenvalue weighted by atomic mass is 10.2. The third kappa shape index (κ3) is 3.23. The molecule has 122 valence electrons. The summed E-state index contributed by atoms with van der Waals surface area (Å²) in [5.74, 6) is -0.00845. The summed E-state index contributed by atoms with van der Waals surface area (Å²) in [5, 5.41) is 3.61. The topological polar surface area (TPSA) is 62.6 Å². The number of rotatable bonds is 3. The smallest absolute Gasteiger partial charge is 0.291 e. The van der Waals surface area contributed by atoms with Gasteiger partial charge in [0.2, 0.25) is 11.7 Å². The van der Waals surface area contributed by atoms with Gasteiger partial charge in [-0.25, -0.2) is 0 Å². The minimum absolute atomic E-state index is 0.124. The molecule has 0 atom stereocenters. The number of hydrogen-bond acceptors (Lipinski definition) is 3. The molecule has 1 N–H and O–H groups in total. The maximum atomic E-state index is 12.9. The molecule has 2 amide bonds. The van der Waals surface area contributed by atoms with Gasteiger partial charge >= 0.3 is 0 Å². The lowest BCUT2D eigenvalue weighted by molar-refractivity contribution is -0.115. The van der Waals surface area contributed by atoms with Gasteiger partial charge in [-0.1, -0.05) is 31.9 Å². The van der Waals surface area contributed by atoms with Crippen molar-refractivity contribution in [2.75, 3.05) is 18.4 Å². The molecule has 23 heavy (non-hydrogen) atoms. The summed E-state index contributed by atoms with van der Waals surface area (Å²) in [4.78, 5) is 26.6. The first-order valence-electron chi connectivity index (χ1n) is 8.31. The number of hydrogen-bond donors (Lipinski definition) is 1. The summed E-state index contributed by atoms with van der Waals surface area (Å²) in [6.07, 6.45) is 4.70. The molecule has 1 aliphatic rings. The summed E-state index contributed by atoms with van der Waals surface area (Å²) >= 11 is 0. The van der Waals surface area contributed by atoms with E-state index >= 15 is 0 Å². The van der Waals surface area contributed by atoms with Crippen LogP contribution in [-0.4, -0.2) is 29.8 Å². The third-order valence-corrected chi connectivity index (χ3v) is 4.27. The van der Waals surface area contributed by atoms with Crippen molar-refractivity contribution >= 4 is 28.5 Å². The Morgan fingerprint density at radius 3 is 2.52 bits per heavy atom. The highest BCUT2D eigenvalue weighted by atomic mass is 16.3. The van der Waals surface area contributed by atoms with Gasteiger partial charge in [-0.05, 0) is 25.0 Å². The van der Waals surface area contributed by atoms with E-state index in [1.165, 1.54) is 0 Å². The second-order valence-corrected chi connectivity index (χ2v) is 5.91. The highest BCUT2D eigenvalue weighted by molar-refractivity contribution is 6.10. The first-order valence-corrected chi connectivity index (χ1v) is 8.31. The highest BCUT2D eigenvalue weighted by Crippen LogP contribution is 2.32. The van der Waals surface area contributed by atoms with E-state index in [9.17, 15) is 9.59 Å². The summed E-state index contributed by atoms with van der Waals surface area (Å²) in [6, 6.07) is 7.41. The van der Waals surface area contributed by atoms with Crippen molar-refractivity contribution in [2.24, 2.45) is 0 Å². The Balaban J connectivity index is 1.99. The van der Waals surface area contributed by atoms with Crippen LogP contribution in [0.25, 0.3) is 11.0 Å². The van der Waals surface area contributed by atoms with Crippen LogP contribution in [0.4, 0.5) is 5.69 Å². The zero-order valence-corrected chi connectivity index (χ0v) is 13.4. The van der Waals surface area contributed by atoms with Crippen molar-refractivity contribution in [3.8, 4) is 0 Å². The Kier molecular flexibility index (Phi) is 4.65. The molecular formula is C18H22N2O3. The van der Waals surface area contributed by atoms with E-state index in [0.717, 1.165) is 44.2 Å². The number of furan rings is 1. The van der Waals surface area contributed by atoms with Crippen molar-refractivity contribution in [2.45, 2.75) is 39.0 Å². The average molecular weight is 314 g/mol. The standard InChI is InChI=1S/C18H22N2O3/c1-2-15(21)19-16-13-9-5-6-10-14(13)23-17(16)18(22)20-11-7-3-4-8-12-20/h5-6,9-10H,2-4,7-8,11-12H2,1H3,(H,19,21). The normalized spacial score (nSPS) is 15.4. The number of fused-ring (bicyclic) bond motifs is 1. The Labute approximate surface area is 135 Å². The number of nitrogens with zero attached hydrogens (tertiary/aromatic N) is 1. The number of carbonyl (C=O) groups is 2. The van der Waals surface area contributed by atoms with E-state index in [2.05, 4.69) is 5.32 Å². The molecule has 5 heteroatoms. The molecule has 1 aromatic carbocycles. The number of likely N-dealkylation sites (tertiary alicyclic amines) is 1. The highest BCUT2D eigenvalue weighted by Gasteiger charge is 2.26. The Morgan fingerprint density at radius 2 is 1.83 bits per heavy atom. The van der Waals surface area contributed by atoms with Gasteiger partial charge in [0.05, 0.1) is 0 Å². The van der Waals surface area contributed by atoms with Crippen molar-refractivity contribution in [3.05, 3.63) is 30.0 Å². The van der Waals surface area contributed by atoms with Crippen molar-refractivity contribution in [1.29, 1.82) is 0 Å². The van der Waals surface area contributed by atoms with Crippen molar-refractivity contribution in [3.63, 3.8) is 0 Å². The van der Waals surface area contributed by atoms with Crippen LogP contribution in [0.3, 0.4) is 0 Å². The van der Waals surface area contributed by atoms with Crippen LogP contribution in [0, 0.1) is 0 Å². The Morgan fingerprint density at radius 1 is 1.13 bits per heavy atom. The number of para-hydroxylation sites is 1. The first kappa shape index (κ1) is 15.6. The maximum Gasteiger partial charge on any atom is 0.291 e. The van der Waals surface area contributed by atoms with E-state index < -0.39 is 0 Å². The molecular weight excluding hydrogens is 292 g/mol. The molecule has 0 radical (unpaired) electrons. The predicted molar refractivity (Wildman–Crippen MR) is 89.5 cm³/mol. The van der Waals surface area contributed by atoms with Gasteiger partial charge in [0.1, 0.15) is 11.3 Å². The van der Waals surface area contributed by atoms with E-state index in [-0.39, 0.29) is 17.6 Å². The molecule has 3 rings (SSSR count). The second kappa shape index (κ2) is 6.86. The van der Waals surface area contributed by atoms with E-state index in [1.54, 1.807) is 6.92 Å². The van der Waals surface area contributed by atoms with Gasteiger partial charge in [0, 0.05) is 24.9 Å². The average Bonchev–Trinajstić information content (AvgIpc) is 2.76. The largest absolute Gasteiger partial charge is 0.449 e. The molecule has 5 nitrogen and oxygen atoms in total. The van der Waals surface area contributed by atoms with Gasteiger partial charge in [-0.3, -0.25) is 9.59 Å². The molecule has 0 saturated carbocycles. The van der Waals surface area contributed by atoms with Crippen LogP contribution in [-0.2, 0) is 4.79 Å². The minimum Gasteiger partial charge on any atom is -0.449 e. The molecule has 0 bridgehead atoms. The Bertz CT molecular complexity index is 712. The summed E-state index contributed by atoms with van der Waals surface area (Å²) < 4.78 is 5.79. The van der Waals surface area contributed by atoms with Gasteiger partial charge in [0.25, 0.3) is 5.91 Å². The van der Waals surface area contributed by atoms with E-state index in [4.69, 9.17) is 4.42 Å². The van der Waals surface area contributed by atoms with Crippen molar-refractivity contribution < 1.29 is 14.0 Å². The second-order valence-electron chi connectivity index (χ2n) is 5.91. The van der Waals surface area contributed by atoms with Crippen LogP contribution >= 0.6 is 0 Å². The molecule has 1 saturated heterocycles. The number of anilines is 1. The zero-order chi connectivity index (χ0) is 16.2. The van der Waals surface area contributed by atoms with Gasteiger partial charge in [-0.15, -0.1) is 0 Å². The fraction of sp³-hybridized carbons (Fsp3) is 0.444. The predicted octanol–water partition coefficient (Wildman–Crippen LogP) is 3.80. The zero-order valence-electron chi connectivity index (χ0n) is 13.4. The summed E-state index contributed by atoms with van der Waals surface area (Å²) in [7, 11) is 0. The van der Waals surface area contributed by atoms with Crippen molar-refractivity contribution in [1.82, 2.24) is 4.90 Å².